The van der Waals surface area contributed by atoms with Crippen LogP contribution in [0.5, 0.6) is 0 Å². The van der Waals surface area contributed by atoms with Crippen molar-refractivity contribution < 1.29 is 24.6 Å². The summed E-state index contributed by atoms with van der Waals surface area (Å²) in [6.07, 6.45) is 0.159. The molecule has 1 aromatic carbocycles. The van der Waals surface area contributed by atoms with Gasteiger partial charge in [0.25, 0.3) is 5.91 Å². The standard InChI is InChI=1S/C13H15NO5/c15-11(16)8-4-7-10(13(18)19)14-12(17)9-5-2-1-3-6-9/h1-3,5-6,10H,4,7-8H2,(H,14,17)(H,15,16)(H,18,19)/t10-/m1/s1. The Balaban J connectivity index is 2.56. The summed E-state index contributed by atoms with van der Waals surface area (Å²) < 4.78 is 0. The molecule has 1 atom stereocenters. The number of hydrogen-bond donors (Lipinski definition) is 3. The van der Waals surface area contributed by atoms with E-state index in [1.807, 2.05) is 0 Å². The number of hydrogen-bond acceptors (Lipinski definition) is 3. The molecule has 0 aliphatic heterocycles. The normalized spacial score (nSPS) is 11.6. The molecule has 3 N–H and O–H groups in total. The van der Waals surface area contributed by atoms with Crippen molar-refractivity contribution in [2.24, 2.45) is 0 Å². The Morgan fingerprint density at radius 3 is 2.26 bits per heavy atom. The summed E-state index contributed by atoms with van der Waals surface area (Å²) in [4.78, 5) is 33.1. The highest BCUT2D eigenvalue weighted by Gasteiger charge is 2.20. The van der Waals surface area contributed by atoms with Crippen LogP contribution >= 0.6 is 0 Å². The molecule has 1 amide bonds. The van der Waals surface area contributed by atoms with E-state index in [9.17, 15) is 14.4 Å². The molecule has 0 spiro atoms. The minimum Gasteiger partial charge on any atom is -0.481 e. The number of aliphatic carboxylic acids is 2. The molecule has 1 aromatic rings. The van der Waals surface area contributed by atoms with Crippen LogP contribution in [0.1, 0.15) is 29.6 Å². The van der Waals surface area contributed by atoms with E-state index in [2.05, 4.69) is 5.32 Å². The maximum absolute atomic E-state index is 11.8. The second-order valence-corrected chi connectivity index (χ2v) is 4.02. The van der Waals surface area contributed by atoms with Crippen molar-refractivity contribution in [1.82, 2.24) is 5.32 Å². The molecule has 0 aliphatic rings. The third-order valence-electron chi connectivity index (χ3n) is 2.52. The lowest BCUT2D eigenvalue weighted by Gasteiger charge is -2.13. The molecule has 6 heteroatoms. The van der Waals surface area contributed by atoms with E-state index in [1.165, 1.54) is 0 Å². The van der Waals surface area contributed by atoms with E-state index in [0.29, 0.717) is 5.56 Å². The third-order valence-corrected chi connectivity index (χ3v) is 2.52. The van der Waals surface area contributed by atoms with E-state index in [0.717, 1.165) is 0 Å². The Kier molecular flexibility index (Phi) is 5.53. The first kappa shape index (κ1) is 14.7. The van der Waals surface area contributed by atoms with Gasteiger partial charge < -0.3 is 15.5 Å². The van der Waals surface area contributed by atoms with Crippen molar-refractivity contribution >= 4 is 17.8 Å². The SMILES string of the molecule is O=C(O)CCC[C@@H](NC(=O)c1ccccc1)C(=O)O. The second-order valence-electron chi connectivity index (χ2n) is 4.02. The van der Waals surface area contributed by atoms with E-state index in [4.69, 9.17) is 10.2 Å². The molecular weight excluding hydrogens is 250 g/mol. The van der Waals surface area contributed by atoms with Gasteiger partial charge in [0.1, 0.15) is 6.04 Å². The number of amides is 1. The predicted molar refractivity (Wildman–Crippen MR) is 66.8 cm³/mol. The molecule has 102 valence electrons. The van der Waals surface area contributed by atoms with Gasteiger partial charge in [-0.3, -0.25) is 9.59 Å². The highest BCUT2D eigenvalue weighted by atomic mass is 16.4. The van der Waals surface area contributed by atoms with E-state index in [-0.39, 0.29) is 19.3 Å². The first-order valence-corrected chi connectivity index (χ1v) is 5.81. The van der Waals surface area contributed by atoms with Crippen molar-refractivity contribution in [1.29, 1.82) is 0 Å². The minimum absolute atomic E-state index is 0.0835. The molecule has 0 fully saturated rings. The summed E-state index contributed by atoms with van der Waals surface area (Å²) in [6.45, 7) is 0. The fraction of sp³-hybridized carbons (Fsp3) is 0.308. The van der Waals surface area contributed by atoms with Gasteiger partial charge in [0.15, 0.2) is 0 Å². The molecule has 0 radical (unpaired) electrons. The van der Waals surface area contributed by atoms with Crippen molar-refractivity contribution in [3.63, 3.8) is 0 Å². The summed E-state index contributed by atoms with van der Waals surface area (Å²) in [5.74, 6) is -2.64. The highest BCUT2D eigenvalue weighted by molar-refractivity contribution is 5.96. The van der Waals surface area contributed by atoms with Crippen molar-refractivity contribution in [2.45, 2.75) is 25.3 Å². The molecule has 0 heterocycles. The van der Waals surface area contributed by atoms with E-state index >= 15 is 0 Å². The van der Waals surface area contributed by atoms with Crippen molar-refractivity contribution in [2.75, 3.05) is 0 Å². The van der Waals surface area contributed by atoms with Gasteiger partial charge in [-0.05, 0) is 25.0 Å². The van der Waals surface area contributed by atoms with Gasteiger partial charge in [-0.25, -0.2) is 4.79 Å². The molecule has 0 aromatic heterocycles. The van der Waals surface area contributed by atoms with Gasteiger partial charge in [0.05, 0.1) is 0 Å². The maximum atomic E-state index is 11.8. The highest BCUT2D eigenvalue weighted by Crippen LogP contribution is 2.04. The molecule has 19 heavy (non-hydrogen) atoms. The van der Waals surface area contributed by atoms with Crippen LogP contribution in [0.2, 0.25) is 0 Å². The number of rotatable bonds is 7. The fourth-order valence-corrected chi connectivity index (χ4v) is 1.55. The Hall–Kier alpha value is -2.37. The second kappa shape index (κ2) is 7.15. The minimum atomic E-state index is -1.17. The number of carboxylic acids is 2. The number of carbonyl (C=O) groups is 3. The number of benzene rings is 1. The lowest BCUT2D eigenvalue weighted by Crippen LogP contribution is -2.40. The van der Waals surface area contributed by atoms with Gasteiger partial charge in [0.2, 0.25) is 0 Å². The number of carboxylic acid groups (broad SMARTS) is 2. The summed E-state index contributed by atoms with van der Waals surface area (Å²) >= 11 is 0. The van der Waals surface area contributed by atoms with Gasteiger partial charge >= 0.3 is 11.9 Å². The smallest absolute Gasteiger partial charge is 0.326 e. The average molecular weight is 265 g/mol. The zero-order valence-electron chi connectivity index (χ0n) is 10.2. The van der Waals surface area contributed by atoms with E-state index < -0.39 is 23.9 Å². The monoisotopic (exact) mass is 265 g/mol. The van der Waals surface area contributed by atoms with Crippen LogP contribution in [0.4, 0.5) is 0 Å². The largest absolute Gasteiger partial charge is 0.481 e. The zero-order chi connectivity index (χ0) is 14.3. The topological polar surface area (TPSA) is 104 Å². The lowest BCUT2D eigenvalue weighted by atomic mass is 10.1. The summed E-state index contributed by atoms with van der Waals surface area (Å²) in [6, 6.07) is 7.17. The Labute approximate surface area is 110 Å². The van der Waals surface area contributed by atoms with E-state index in [1.54, 1.807) is 30.3 Å². The molecule has 0 saturated carbocycles. The molecule has 6 nitrogen and oxygen atoms in total. The van der Waals surface area contributed by atoms with Gasteiger partial charge in [-0.1, -0.05) is 18.2 Å². The first-order valence-electron chi connectivity index (χ1n) is 5.81. The first-order chi connectivity index (χ1) is 9.00. The van der Waals surface area contributed by atoms with Crippen LogP contribution in [-0.4, -0.2) is 34.1 Å². The average Bonchev–Trinajstić information content (AvgIpc) is 2.37. The maximum Gasteiger partial charge on any atom is 0.326 e. The molecule has 0 aliphatic carbocycles. The van der Waals surface area contributed by atoms with Crippen molar-refractivity contribution in [3.05, 3.63) is 35.9 Å². The van der Waals surface area contributed by atoms with Crippen molar-refractivity contribution in [3.8, 4) is 0 Å². The lowest BCUT2D eigenvalue weighted by molar-refractivity contribution is -0.140. The number of carbonyl (C=O) groups excluding carboxylic acids is 1. The Morgan fingerprint density at radius 2 is 1.74 bits per heavy atom. The summed E-state index contributed by atoms with van der Waals surface area (Å²) in [7, 11) is 0. The van der Waals surface area contributed by atoms with Gasteiger partial charge in [0, 0.05) is 12.0 Å². The Morgan fingerprint density at radius 1 is 1.11 bits per heavy atom. The third kappa shape index (κ3) is 5.20. The Bertz CT molecular complexity index is 457. The predicted octanol–water partition coefficient (Wildman–Crippen LogP) is 1.12. The summed E-state index contributed by atoms with van der Waals surface area (Å²) in [5, 5.41) is 19.8. The quantitative estimate of drug-likeness (QED) is 0.685. The van der Waals surface area contributed by atoms with Crippen LogP contribution in [0.25, 0.3) is 0 Å². The van der Waals surface area contributed by atoms with Crippen LogP contribution in [0.15, 0.2) is 30.3 Å². The van der Waals surface area contributed by atoms with Crippen LogP contribution < -0.4 is 5.32 Å². The summed E-state index contributed by atoms with van der Waals surface area (Å²) in [5.41, 5.74) is 0.368. The molecule has 0 saturated heterocycles. The molecule has 0 bridgehead atoms. The molecule has 1 rings (SSSR count). The van der Waals surface area contributed by atoms with Crippen LogP contribution in [0.3, 0.4) is 0 Å². The van der Waals surface area contributed by atoms with Crippen LogP contribution in [0, 0.1) is 0 Å². The zero-order valence-corrected chi connectivity index (χ0v) is 10.2. The van der Waals surface area contributed by atoms with Crippen LogP contribution in [-0.2, 0) is 9.59 Å². The molecular formula is C13H15NO5. The van der Waals surface area contributed by atoms with Gasteiger partial charge in [-0.2, -0.15) is 0 Å². The fourth-order valence-electron chi connectivity index (χ4n) is 1.55. The number of nitrogens with one attached hydrogen (secondary N) is 1. The molecule has 0 unspecified atom stereocenters. The van der Waals surface area contributed by atoms with Gasteiger partial charge in [-0.15, -0.1) is 0 Å².